The minimum absolute atomic E-state index is 0.0755. The predicted molar refractivity (Wildman–Crippen MR) is 97.9 cm³/mol. The lowest BCUT2D eigenvalue weighted by Crippen LogP contribution is -2.42. The van der Waals surface area contributed by atoms with Crippen LogP contribution in [0.1, 0.15) is 44.2 Å². The molecule has 0 saturated heterocycles. The molecule has 2 nitrogen and oxygen atoms in total. The average Bonchev–Trinajstić information content (AvgIpc) is 2.43. The predicted octanol–water partition coefficient (Wildman–Crippen LogP) is 5.32. The van der Waals surface area contributed by atoms with Gasteiger partial charge in [-0.15, -0.1) is 0 Å². The smallest absolute Gasteiger partial charge is 0.192 e. The van der Waals surface area contributed by atoms with E-state index in [1.807, 2.05) is 0 Å². The molecule has 2 rings (SSSR count). The van der Waals surface area contributed by atoms with Gasteiger partial charge in [0.2, 0.25) is 0 Å². The highest BCUT2D eigenvalue weighted by Crippen LogP contribution is 2.41. The third kappa shape index (κ3) is 3.71. The number of hydrogen-bond donors (Lipinski definition) is 0. The lowest BCUT2D eigenvalue weighted by molar-refractivity contribution is -0.112. The van der Waals surface area contributed by atoms with Gasteiger partial charge in [-0.3, -0.25) is 0 Å². The number of benzene rings is 1. The van der Waals surface area contributed by atoms with Crippen molar-refractivity contribution in [3.8, 4) is 0 Å². The lowest BCUT2D eigenvalue weighted by Gasteiger charge is -2.39. The zero-order valence-corrected chi connectivity index (χ0v) is 16.9. The van der Waals surface area contributed by atoms with E-state index < -0.39 is 8.32 Å². The van der Waals surface area contributed by atoms with E-state index in [1.54, 1.807) is 0 Å². The Morgan fingerprint density at radius 2 is 2.05 bits per heavy atom. The third-order valence-electron chi connectivity index (χ3n) is 5.38. The summed E-state index contributed by atoms with van der Waals surface area (Å²) in [5.74, 6) is 0.263. The summed E-state index contributed by atoms with van der Waals surface area (Å²) in [6.07, 6.45) is 3.05. The molecule has 0 unspecified atom stereocenters. The molecule has 1 aromatic rings. The van der Waals surface area contributed by atoms with Crippen LogP contribution in [0.15, 0.2) is 22.7 Å². The van der Waals surface area contributed by atoms with Crippen LogP contribution < -0.4 is 0 Å². The molecule has 0 aromatic heterocycles. The van der Waals surface area contributed by atoms with Crippen molar-refractivity contribution in [3.05, 3.63) is 33.8 Å². The number of hydrogen-bond acceptors (Lipinski definition) is 2. The maximum Gasteiger partial charge on any atom is 0.192 e. The van der Waals surface area contributed by atoms with Gasteiger partial charge >= 0.3 is 0 Å². The Morgan fingerprint density at radius 3 is 2.64 bits per heavy atom. The molecule has 122 valence electrons. The van der Waals surface area contributed by atoms with Gasteiger partial charge in [-0.25, -0.2) is 0 Å². The largest absolute Gasteiger partial charge is 0.416 e. The van der Waals surface area contributed by atoms with E-state index in [-0.39, 0.29) is 16.9 Å². The SMILES string of the molecule is CC(C)(C)[Si](C)(C)OC[C@H]1c2cc(Br)ccc2CC[C@H]1C=O. The Kier molecular flexibility index (Phi) is 5.35. The number of aldehydes is 1. The third-order valence-corrected chi connectivity index (χ3v) is 10.4. The summed E-state index contributed by atoms with van der Waals surface area (Å²) in [5, 5.41) is 0.193. The van der Waals surface area contributed by atoms with E-state index in [0.29, 0.717) is 6.61 Å². The lowest BCUT2D eigenvalue weighted by atomic mass is 9.76. The van der Waals surface area contributed by atoms with E-state index in [9.17, 15) is 4.79 Å². The molecule has 0 radical (unpaired) electrons. The van der Waals surface area contributed by atoms with Crippen LogP contribution in [-0.4, -0.2) is 21.2 Å². The molecule has 1 aliphatic rings. The van der Waals surface area contributed by atoms with Gasteiger partial charge in [0.25, 0.3) is 0 Å². The van der Waals surface area contributed by atoms with Crippen LogP contribution in [0.5, 0.6) is 0 Å². The number of fused-ring (bicyclic) bond motifs is 1. The highest BCUT2D eigenvalue weighted by Gasteiger charge is 2.39. The maximum atomic E-state index is 11.5. The Hall–Kier alpha value is -0.453. The molecule has 1 aliphatic carbocycles. The number of carbonyl (C=O) groups is 1. The second-order valence-corrected chi connectivity index (χ2v) is 13.6. The molecule has 2 atom stereocenters. The topological polar surface area (TPSA) is 26.3 Å². The van der Waals surface area contributed by atoms with Crippen molar-refractivity contribution < 1.29 is 9.22 Å². The molecule has 0 aliphatic heterocycles. The van der Waals surface area contributed by atoms with Crippen molar-refractivity contribution in [3.63, 3.8) is 0 Å². The van der Waals surface area contributed by atoms with Crippen LogP contribution in [0.25, 0.3) is 0 Å². The first-order valence-corrected chi connectivity index (χ1v) is 11.7. The van der Waals surface area contributed by atoms with E-state index in [0.717, 1.165) is 23.6 Å². The summed E-state index contributed by atoms with van der Waals surface area (Å²) in [5.41, 5.74) is 2.65. The van der Waals surface area contributed by atoms with Gasteiger partial charge in [-0.1, -0.05) is 42.8 Å². The van der Waals surface area contributed by atoms with E-state index in [2.05, 4.69) is 68.0 Å². The molecular formula is C18H27BrO2Si. The molecular weight excluding hydrogens is 356 g/mol. The summed E-state index contributed by atoms with van der Waals surface area (Å²) in [6, 6.07) is 6.44. The zero-order chi connectivity index (χ0) is 16.5. The standard InChI is InChI=1S/C18H27BrO2Si/c1-18(2,3)22(4,5)21-12-17-14(11-20)7-6-13-8-9-15(19)10-16(13)17/h8-11,14,17H,6-7,12H2,1-5H3/t14-,17+/m0/s1. The molecule has 0 bridgehead atoms. The average molecular weight is 383 g/mol. The first-order valence-electron chi connectivity index (χ1n) is 8.03. The van der Waals surface area contributed by atoms with Crippen molar-refractivity contribution in [2.24, 2.45) is 5.92 Å². The van der Waals surface area contributed by atoms with E-state index >= 15 is 0 Å². The number of rotatable bonds is 4. The fourth-order valence-corrected chi connectivity index (χ4v) is 4.19. The zero-order valence-electron chi connectivity index (χ0n) is 14.3. The van der Waals surface area contributed by atoms with Crippen molar-refractivity contribution in [2.45, 2.75) is 57.7 Å². The number of halogens is 1. The van der Waals surface area contributed by atoms with Crippen LogP contribution in [0.3, 0.4) is 0 Å². The fraction of sp³-hybridized carbons (Fsp3) is 0.611. The van der Waals surface area contributed by atoms with Gasteiger partial charge in [0, 0.05) is 22.9 Å². The van der Waals surface area contributed by atoms with Gasteiger partial charge in [-0.05, 0) is 54.2 Å². The Morgan fingerprint density at radius 1 is 1.36 bits per heavy atom. The first-order chi connectivity index (χ1) is 10.2. The Balaban J connectivity index is 2.25. The normalized spacial score (nSPS) is 22.3. The Labute approximate surface area is 143 Å². The highest BCUT2D eigenvalue weighted by molar-refractivity contribution is 9.10. The summed E-state index contributed by atoms with van der Waals surface area (Å²) >= 11 is 3.56. The van der Waals surface area contributed by atoms with Gasteiger partial charge in [0.1, 0.15) is 6.29 Å². The van der Waals surface area contributed by atoms with Gasteiger partial charge in [-0.2, -0.15) is 0 Å². The molecule has 0 spiro atoms. The molecule has 0 saturated carbocycles. The fourth-order valence-electron chi connectivity index (χ4n) is 2.78. The van der Waals surface area contributed by atoms with Crippen LogP contribution in [0, 0.1) is 5.92 Å². The summed E-state index contributed by atoms with van der Waals surface area (Å²) in [7, 11) is -1.79. The number of carbonyl (C=O) groups excluding carboxylic acids is 1. The Bertz CT molecular complexity index is 549. The van der Waals surface area contributed by atoms with E-state index in [4.69, 9.17) is 4.43 Å². The minimum atomic E-state index is -1.79. The molecule has 1 aromatic carbocycles. The van der Waals surface area contributed by atoms with Crippen LogP contribution in [0.4, 0.5) is 0 Å². The van der Waals surface area contributed by atoms with Crippen molar-refractivity contribution in [2.75, 3.05) is 6.61 Å². The monoisotopic (exact) mass is 382 g/mol. The van der Waals surface area contributed by atoms with Gasteiger partial charge in [0.15, 0.2) is 8.32 Å². The quantitative estimate of drug-likeness (QED) is 0.520. The molecule has 0 heterocycles. The van der Waals surface area contributed by atoms with Gasteiger partial charge in [0.05, 0.1) is 0 Å². The molecule has 0 N–H and O–H groups in total. The molecule has 4 heteroatoms. The van der Waals surface area contributed by atoms with Crippen LogP contribution in [-0.2, 0) is 15.6 Å². The maximum absolute atomic E-state index is 11.5. The second-order valence-electron chi connectivity index (χ2n) is 7.86. The highest BCUT2D eigenvalue weighted by atomic mass is 79.9. The summed E-state index contributed by atoms with van der Waals surface area (Å²) in [4.78, 5) is 11.5. The molecule has 22 heavy (non-hydrogen) atoms. The minimum Gasteiger partial charge on any atom is -0.416 e. The number of aryl methyl sites for hydroxylation is 1. The van der Waals surface area contributed by atoms with Crippen molar-refractivity contribution in [1.29, 1.82) is 0 Å². The summed E-state index contributed by atoms with van der Waals surface area (Å²) < 4.78 is 7.51. The summed E-state index contributed by atoms with van der Waals surface area (Å²) in [6.45, 7) is 12.0. The molecule has 0 amide bonds. The van der Waals surface area contributed by atoms with Crippen LogP contribution >= 0.6 is 15.9 Å². The molecule has 0 fully saturated rings. The van der Waals surface area contributed by atoms with E-state index in [1.165, 1.54) is 11.1 Å². The van der Waals surface area contributed by atoms with Crippen molar-refractivity contribution in [1.82, 2.24) is 0 Å². The van der Waals surface area contributed by atoms with Crippen LogP contribution in [0.2, 0.25) is 18.1 Å². The van der Waals surface area contributed by atoms with Gasteiger partial charge < -0.3 is 9.22 Å². The first kappa shape index (κ1) is 17.9. The second kappa shape index (κ2) is 6.58. The van der Waals surface area contributed by atoms with Crippen molar-refractivity contribution >= 4 is 30.5 Å².